The Balaban J connectivity index is 1.92. The number of ether oxygens (including phenoxy) is 3. The fourth-order valence-electron chi connectivity index (χ4n) is 2.21. The molecule has 2 rings (SSSR count). The van der Waals surface area contributed by atoms with Crippen molar-refractivity contribution in [3.05, 3.63) is 71.3 Å². The van der Waals surface area contributed by atoms with E-state index in [2.05, 4.69) is 9.47 Å². The maximum Gasteiger partial charge on any atom is 0.387 e. The van der Waals surface area contributed by atoms with Gasteiger partial charge in [0.25, 0.3) is 0 Å². The Labute approximate surface area is 155 Å². The zero-order chi connectivity index (χ0) is 19.8. The molecule has 5 nitrogen and oxygen atoms in total. The molecule has 0 aliphatic carbocycles. The Morgan fingerprint density at radius 1 is 1.00 bits per heavy atom. The van der Waals surface area contributed by atoms with Crippen LogP contribution in [0.15, 0.2) is 54.6 Å². The van der Waals surface area contributed by atoms with E-state index in [9.17, 15) is 18.4 Å². The molecule has 1 atom stereocenters. The standard InChI is InChI=1S/C20H18F2O5/c1-13(15-8-10-17(11-9-15)27-20(21)22)26-18(23)12-5-14-3-6-16(7-4-14)19(24)25-2/h3-13,20H,1-2H3/b12-5+. The van der Waals surface area contributed by atoms with Gasteiger partial charge in [-0.2, -0.15) is 8.78 Å². The van der Waals surface area contributed by atoms with Gasteiger partial charge in [0, 0.05) is 6.08 Å². The highest BCUT2D eigenvalue weighted by atomic mass is 19.3. The van der Waals surface area contributed by atoms with E-state index >= 15 is 0 Å². The maximum absolute atomic E-state index is 12.1. The van der Waals surface area contributed by atoms with Gasteiger partial charge in [-0.3, -0.25) is 0 Å². The number of hydrogen-bond donors (Lipinski definition) is 0. The van der Waals surface area contributed by atoms with Crippen LogP contribution in [0.1, 0.15) is 34.5 Å². The third kappa shape index (κ3) is 6.22. The summed E-state index contributed by atoms with van der Waals surface area (Å²) in [7, 11) is 1.30. The molecule has 2 aromatic rings. The van der Waals surface area contributed by atoms with Gasteiger partial charge in [0.15, 0.2) is 0 Å². The van der Waals surface area contributed by atoms with Crippen LogP contribution in [0.2, 0.25) is 0 Å². The molecule has 1 unspecified atom stereocenters. The van der Waals surface area contributed by atoms with E-state index in [1.165, 1.54) is 25.3 Å². The highest BCUT2D eigenvalue weighted by molar-refractivity contribution is 5.90. The molecule has 0 radical (unpaired) electrons. The van der Waals surface area contributed by atoms with Gasteiger partial charge in [-0.25, -0.2) is 9.59 Å². The summed E-state index contributed by atoms with van der Waals surface area (Å²) in [5.41, 5.74) is 1.76. The van der Waals surface area contributed by atoms with E-state index in [1.54, 1.807) is 49.4 Å². The highest BCUT2D eigenvalue weighted by Gasteiger charge is 2.11. The SMILES string of the molecule is COC(=O)c1ccc(/C=C/C(=O)OC(C)c2ccc(OC(F)F)cc2)cc1. The summed E-state index contributed by atoms with van der Waals surface area (Å²) in [6.07, 6.45) is 2.25. The molecular weight excluding hydrogens is 358 g/mol. The quantitative estimate of drug-likeness (QED) is 0.530. The van der Waals surface area contributed by atoms with Crippen LogP contribution in [0.4, 0.5) is 8.78 Å². The lowest BCUT2D eigenvalue weighted by Crippen LogP contribution is -2.06. The molecular formula is C20H18F2O5. The van der Waals surface area contributed by atoms with Crippen LogP contribution in [0, 0.1) is 0 Å². The summed E-state index contributed by atoms with van der Waals surface area (Å²) in [5.74, 6) is -0.973. The Morgan fingerprint density at radius 2 is 1.63 bits per heavy atom. The van der Waals surface area contributed by atoms with Crippen molar-refractivity contribution in [2.45, 2.75) is 19.6 Å². The van der Waals surface area contributed by atoms with Gasteiger partial charge < -0.3 is 14.2 Å². The van der Waals surface area contributed by atoms with E-state index in [0.717, 1.165) is 0 Å². The first-order valence-corrected chi connectivity index (χ1v) is 8.01. The van der Waals surface area contributed by atoms with Crippen molar-refractivity contribution >= 4 is 18.0 Å². The minimum atomic E-state index is -2.89. The predicted molar refractivity (Wildman–Crippen MR) is 94.4 cm³/mol. The van der Waals surface area contributed by atoms with E-state index < -0.39 is 24.7 Å². The number of esters is 2. The lowest BCUT2D eigenvalue weighted by molar-refractivity contribution is -0.142. The summed E-state index contributed by atoms with van der Waals surface area (Å²) < 4.78 is 38.4. The molecule has 0 spiro atoms. The summed E-state index contributed by atoms with van der Waals surface area (Å²) in [5, 5.41) is 0. The van der Waals surface area contributed by atoms with E-state index in [-0.39, 0.29) is 5.75 Å². The number of methoxy groups -OCH3 is 1. The van der Waals surface area contributed by atoms with Gasteiger partial charge in [0.05, 0.1) is 12.7 Å². The van der Waals surface area contributed by atoms with Gasteiger partial charge in [-0.05, 0) is 48.4 Å². The highest BCUT2D eigenvalue weighted by Crippen LogP contribution is 2.21. The van der Waals surface area contributed by atoms with Crippen LogP contribution in [0.5, 0.6) is 5.75 Å². The van der Waals surface area contributed by atoms with Gasteiger partial charge in [0.2, 0.25) is 0 Å². The molecule has 142 valence electrons. The number of alkyl halides is 2. The van der Waals surface area contributed by atoms with Crippen LogP contribution in [0.25, 0.3) is 6.08 Å². The Kier molecular flexibility index (Phi) is 7.05. The van der Waals surface area contributed by atoms with Crippen LogP contribution >= 0.6 is 0 Å². The summed E-state index contributed by atoms with van der Waals surface area (Å²) >= 11 is 0. The molecule has 0 aromatic heterocycles. The van der Waals surface area contributed by atoms with E-state index in [0.29, 0.717) is 16.7 Å². The second kappa shape index (κ2) is 9.47. The molecule has 0 fully saturated rings. The number of rotatable bonds is 7. The Morgan fingerprint density at radius 3 is 2.19 bits per heavy atom. The zero-order valence-corrected chi connectivity index (χ0v) is 14.7. The lowest BCUT2D eigenvalue weighted by Gasteiger charge is -2.13. The van der Waals surface area contributed by atoms with Crippen molar-refractivity contribution in [1.29, 1.82) is 0 Å². The Hall–Kier alpha value is -3.22. The fraction of sp³-hybridized carbons (Fsp3) is 0.200. The first kappa shape index (κ1) is 20.1. The van der Waals surface area contributed by atoms with Crippen molar-refractivity contribution in [1.82, 2.24) is 0 Å². The molecule has 0 bridgehead atoms. The van der Waals surface area contributed by atoms with Crippen LogP contribution in [-0.4, -0.2) is 25.7 Å². The Bertz CT molecular complexity index is 798. The van der Waals surface area contributed by atoms with E-state index in [1.807, 2.05) is 0 Å². The van der Waals surface area contributed by atoms with Gasteiger partial charge in [0.1, 0.15) is 11.9 Å². The predicted octanol–water partition coefficient (Wildman–Crippen LogP) is 4.39. The first-order chi connectivity index (χ1) is 12.9. The van der Waals surface area contributed by atoms with Crippen molar-refractivity contribution in [2.75, 3.05) is 7.11 Å². The van der Waals surface area contributed by atoms with Crippen molar-refractivity contribution in [2.24, 2.45) is 0 Å². The smallest absolute Gasteiger partial charge is 0.387 e. The van der Waals surface area contributed by atoms with Gasteiger partial charge in [-0.15, -0.1) is 0 Å². The topological polar surface area (TPSA) is 61.8 Å². The number of halogens is 2. The van der Waals surface area contributed by atoms with E-state index in [4.69, 9.17) is 4.74 Å². The largest absolute Gasteiger partial charge is 0.465 e. The monoisotopic (exact) mass is 376 g/mol. The van der Waals surface area contributed by atoms with Gasteiger partial charge in [-0.1, -0.05) is 24.3 Å². The normalized spacial score (nSPS) is 12.0. The van der Waals surface area contributed by atoms with Gasteiger partial charge >= 0.3 is 18.6 Å². The lowest BCUT2D eigenvalue weighted by atomic mass is 10.1. The molecule has 0 heterocycles. The molecule has 0 N–H and O–H groups in total. The number of carbonyl (C=O) groups is 2. The molecule has 27 heavy (non-hydrogen) atoms. The second-order valence-corrected chi connectivity index (χ2v) is 5.47. The first-order valence-electron chi connectivity index (χ1n) is 8.01. The number of hydrogen-bond acceptors (Lipinski definition) is 5. The number of carbonyl (C=O) groups excluding carboxylic acids is 2. The molecule has 2 aromatic carbocycles. The number of benzene rings is 2. The minimum Gasteiger partial charge on any atom is -0.465 e. The molecule has 7 heteroatoms. The van der Waals surface area contributed by atoms with Crippen LogP contribution < -0.4 is 4.74 Å². The third-order valence-corrected chi connectivity index (χ3v) is 3.61. The minimum absolute atomic E-state index is 0.0302. The maximum atomic E-state index is 12.1. The van der Waals surface area contributed by atoms with Crippen molar-refractivity contribution < 1.29 is 32.6 Å². The zero-order valence-electron chi connectivity index (χ0n) is 14.7. The summed E-state index contributed by atoms with van der Waals surface area (Å²) in [6.45, 7) is -1.22. The average Bonchev–Trinajstić information content (AvgIpc) is 2.66. The second-order valence-electron chi connectivity index (χ2n) is 5.47. The molecule has 0 saturated carbocycles. The molecule has 0 aliphatic heterocycles. The molecule has 0 amide bonds. The van der Waals surface area contributed by atoms with Crippen LogP contribution in [-0.2, 0) is 14.3 Å². The van der Waals surface area contributed by atoms with Crippen molar-refractivity contribution in [3.63, 3.8) is 0 Å². The summed E-state index contributed by atoms with van der Waals surface area (Å²) in [4.78, 5) is 23.3. The molecule has 0 saturated heterocycles. The van der Waals surface area contributed by atoms with Crippen molar-refractivity contribution in [3.8, 4) is 5.75 Å². The molecule has 0 aliphatic rings. The fourth-order valence-corrected chi connectivity index (χ4v) is 2.21. The third-order valence-electron chi connectivity index (χ3n) is 3.61. The average molecular weight is 376 g/mol. The summed E-state index contributed by atoms with van der Waals surface area (Å²) in [6, 6.07) is 12.4. The van der Waals surface area contributed by atoms with Crippen LogP contribution in [0.3, 0.4) is 0 Å².